The van der Waals surface area contributed by atoms with Crippen molar-refractivity contribution in [2.24, 2.45) is 0 Å². The molecule has 3 heteroatoms. The van der Waals surface area contributed by atoms with Gasteiger partial charge in [0.05, 0.1) is 0 Å². The number of nitrogens with one attached hydrogen (secondary N) is 1. The summed E-state index contributed by atoms with van der Waals surface area (Å²) in [6.07, 6.45) is 2.13. The van der Waals surface area contributed by atoms with Crippen LogP contribution in [-0.2, 0) is 6.42 Å². The molecule has 0 aliphatic heterocycles. The first-order chi connectivity index (χ1) is 9.54. The molecule has 0 spiro atoms. The second kappa shape index (κ2) is 6.91. The molecule has 0 bridgehead atoms. The van der Waals surface area contributed by atoms with Crippen LogP contribution in [-0.4, -0.2) is 11.1 Å². The molecular weight excluding hydrogens is 266 g/mol. The quantitative estimate of drug-likeness (QED) is 0.824. The minimum absolute atomic E-state index is 0.335. The van der Waals surface area contributed by atoms with Gasteiger partial charge in [-0.1, -0.05) is 12.1 Å². The zero-order valence-electron chi connectivity index (χ0n) is 12.4. The molecule has 2 unspecified atom stereocenters. The molecule has 0 aliphatic rings. The predicted molar refractivity (Wildman–Crippen MR) is 86.5 cm³/mol. The highest BCUT2D eigenvalue weighted by Crippen LogP contribution is 2.23. The van der Waals surface area contributed by atoms with Crippen LogP contribution < -0.4 is 5.32 Å². The highest BCUT2D eigenvalue weighted by molar-refractivity contribution is 7.12. The fourth-order valence-electron chi connectivity index (χ4n) is 2.32. The van der Waals surface area contributed by atoms with Crippen molar-refractivity contribution in [3.8, 4) is 5.75 Å². The third-order valence-corrected chi connectivity index (χ3v) is 4.71. The van der Waals surface area contributed by atoms with Gasteiger partial charge >= 0.3 is 0 Å². The Labute approximate surface area is 125 Å². The summed E-state index contributed by atoms with van der Waals surface area (Å²) in [4.78, 5) is 2.77. The highest BCUT2D eigenvalue weighted by Gasteiger charge is 2.11. The van der Waals surface area contributed by atoms with Gasteiger partial charge in [0.2, 0.25) is 0 Å². The average Bonchev–Trinajstić information content (AvgIpc) is 2.85. The monoisotopic (exact) mass is 289 g/mol. The van der Waals surface area contributed by atoms with Gasteiger partial charge in [-0.05, 0) is 63.4 Å². The van der Waals surface area contributed by atoms with Gasteiger partial charge in [0.1, 0.15) is 5.75 Å². The summed E-state index contributed by atoms with van der Waals surface area (Å²) < 4.78 is 0. The van der Waals surface area contributed by atoms with Crippen molar-refractivity contribution in [3.63, 3.8) is 0 Å². The van der Waals surface area contributed by atoms with Crippen LogP contribution in [0.1, 0.15) is 41.6 Å². The molecule has 0 amide bonds. The summed E-state index contributed by atoms with van der Waals surface area (Å²) in [6, 6.07) is 12.8. The first-order valence-electron chi connectivity index (χ1n) is 7.15. The van der Waals surface area contributed by atoms with Crippen LogP contribution in [0.25, 0.3) is 0 Å². The van der Waals surface area contributed by atoms with Crippen molar-refractivity contribution in [1.82, 2.24) is 5.32 Å². The maximum Gasteiger partial charge on any atom is 0.115 e. The molecule has 0 radical (unpaired) electrons. The van der Waals surface area contributed by atoms with Gasteiger partial charge in [-0.25, -0.2) is 0 Å². The standard InChI is InChI=1S/C17H23NOS/c1-12(4-6-15-7-9-16(19)10-8-15)18-14(3)17-11-5-13(2)20-17/h5,7-12,14,18-19H,4,6H2,1-3H3. The first-order valence-corrected chi connectivity index (χ1v) is 7.96. The van der Waals surface area contributed by atoms with Crippen LogP contribution in [0.3, 0.4) is 0 Å². The van der Waals surface area contributed by atoms with Crippen molar-refractivity contribution < 1.29 is 5.11 Å². The fraction of sp³-hybridized carbons (Fsp3) is 0.412. The summed E-state index contributed by atoms with van der Waals surface area (Å²) in [5.74, 6) is 0.335. The molecule has 2 atom stereocenters. The molecule has 1 aromatic heterocycles. The van der Waals surface area contributed by atoms with Crippen LogP contribution in [0.5, 0.6) is 5.75 Å². The largest absolute Gasteiger partial charge is 0.508 e. The third kappa shape index (κ3) is 4.36. The average molecular weight is 289 g/mol. The Morgan fingerprint density at radius 1 is 1.10 bits per heavy atom. The Hall–Kier alpha value is -1.32. The molecule has 1 heterocycles. The second-order valence-corrected chi connectivity index (χ2v) is 6.76. The van der Waals surface area contributed by atoms with Gasteiger partial charge in [0.25, 0.3) is 0 Å². The van der Waals surface area contributed by atoms with E-state index in [1.165, 1.54) is 15.3 Å². The predicted octanol–water partition coefficient (Wildman–Crippen LogP) is 4.43. The summed E-state index contributed by atoms with van der Waals surface area (Å²) in [7, 11) is 0. The summed E-state index contributed by atoms with van der Waals surface area (Å²) in [5.41, 5.74) is 1.27. The van der Waals surface area contributed by atoms with Gasteiger partial charge in [-0.15, -0.1) is 11.3 Å². The topological polar surface area (TPSA) is 32.3 Å². The van der Waals surface area contributed by atoms with Crippen LogP contribution in [0.15, 0.2) is 36.4 Å². The Bertz CT molecular complexity index is 532. The van der Waals surface area contributed by atoms with Gasteiger partial charge in [-0.3, -0.25) is 0 Å². The van der Waals surface area contributed by atoms with E-state index in [1.54, 1.807) is 12.1 Å². The van der Waals surface area contributed by atoms with E-state index in [0.29, 0.717) is 17.8 Å². The molecule has 2 N–H and O–H groups in total. The molecule has 0 aliphatic carbocycles. The molecule has 0 saturated heterocycles. The van der Waals surface area contributed by atoms with E-state index < -0.39 is 0 Å². The lowest BCUT2D eigenvalue weighted by Crippen LogP contribution is -2.28. The van der Waals surface area contributed by atoms with E-state index in [-0.39, 0.29) is 0 Å². The number of thiophene rings is 1. The van der Waals surface area contributed by atoms with Crippen molar-refractivity contribution in [3.05, 3.63) is 51.7 Å². The second-order valence-electron chi connectivity index (χ2n) is 5.44. The van der Waals surface area contributed by atoms with Crippen molar-refractivity contribution in [2.75, 3.05) is 0 Å². The minimum atomic E-state index is 0.335. The summed E-state index contributed by atoms with van der Waals surface area (Å²) in [5, 5.41) is 12.9. The number of aromatic hydroxyl groups is 1. The number of phenols is 1. The lowest BCUT2D eigenvalue weighted by Gasteiger charge is -2.19. The molecule has 2 aromatic rings. The maximum atomic E-state index is 9.27. The summed E-state index contributed by atoms with van der Waals surface area (Å²) >= 11 is 1.86. The fourth-order valence-corrected chi connectivity index (χ4v) is 3.21. The number of hydrogen-bond donors (Lipinski definition) is 2. The molecule has 0 saturated carbocycles. The molecule has 108 valence electrons. The number of hydrogen-bond acceptors (Lipinski definition) is 3. The van der Waals surface area contributed by atoms with Crippen molar-refractivity contribution in [1.29, 1.82) is 0 Å². The number of phenolic OH excluding ortho intramolecular Hbond substituents is 1. The van der Waals surface area contributed by atoms with Gasteiger partial charge in [0.15, 0.2) is 0 Å². The Kier molecular flexibility index (Phi) is 5.21. The normalized spacial score (nSPS) is 14.2. The maximum absolute atomic E-state index is 9.27. The third-order valence-electron chi connectivity index (χ3n) is 3.52. The Morgan fingerprint density at radius 2 is 1.80 bits per heavy atom. The molecule has 20 heavy (non-hydrogen) atoms. The molecular formula is C17H23NOS. The number of aryl methyl sites for hydroxylation is 2. The van der Waals surface area contributed by atoms with E-state index in [1.807, 2.05) is 23.5 Å². The number of rotatable bonds is 6. The highest BCUT2D eigenvalue weighted by atomic mass is 32.1. The first kappa shape index (κ1) is 15.1. The van der Waals surface area contributed by atoms with E-state index in [9.17, 15) is 5.11 Å². The smallest absolute Gasteiger partial charge is 0.115 e. The number of benzene rings is 1. The lowest BCUT2D eigenvalue weighted by molar-refractivity contribution is 0.459. The van der Waals surface area contributed by atoms with Crippen LogP contribution in [0.4, 0.5) is 0 Å². The van der Waals surface area contributed by atoms with E-state index in [0.717, 1.165) is 12.8 Å². The minimum Gasteiger partial charge on any atom is -0.508 e. The van der Waals surface area contributed by atoms with Crippen molar-refractivity contribution in [2.45, 2.75) is 45.7 Å². The van der Waals surface area contributed by atoms with Crippen LogP contribution in [0, 0.1) is 6.92 Å². The SMILES string of the molecule is Cc1ccc(C(C)NC(C)CCc2ccc(O)cc2)s1. The molecule has 0 fully saturated rings. The zero-order valence-corrected chi connectivity index (χ0v) is 13.2. The van der Waals surface area contributed by atoms with Gasteiger partial charge in [-0.2, -0.15) is 0 Å². The van der Waals surface area contributed by atoms with Crippen LogP contribution >= 0.6 is 11.3 Å². The van der Waals surface area contributed by atoms with Gasteiger partial charge in [0, 0.05) is 21.8 Å². The van der Waals surface area contributed by atoms with Crippen molar-refractivity contribution >= 4 is 11.3 Å². The molecule has 2 nitrogen and oxygen atoms in total. The summed E-state index contributed by atoms with van der Waals surface area (Å²) in [6.45, 7) is 6.61. The lowest BCUT2D eigenvalue weighted by atomic mass is 10.1. The van der Waals surface area contributed by atoms with E-state index in [4.69, 9.17) is 0 Å². The van der Waals surface area contributed by atoms with E-state index in [2.05, 4.69) is 38.2 Å². The zero-order chi connectivity index (χ0) is 14.5. The Morgan fingerprint density at radius 3 is 2.40 bits per heavy atom. The van der Waals surface area contributed by atoms with Crippen LogP contribution in [0.2, 0.25) is 0 Å². The van der Waals surface area contributed by atoms with E-state index >= 15 is 0 Å². The molecule has 1 aromatic carbocycles. The molecule has 2 rings (SSSR count). The Balaban J connectivity index is 1.80. The van der Waals surface area contributed by atoms with Gasteiger partial charge < -0.3 is 10.4 Å².